The van der Waals surface area contributed by atoms with Crippen LogP contribution in [0.5, 0.6) is 11.5 Å². The Morgan fingerprint density at radius 3 is 2.51 bits per heavy atom. The molecule has 9 nitrogen and oxygen atoms in total. The van der Waals surface area contributed by atoms with Crippen LogP contribution in [0.2, 0.25) is 0 Å². The number of hydrogen-bond donors (Lipinski definition) is 1. The fourth-order valence-corrected chi connectivity index (χ4v) is 6.89. The second-order valence-electron chi connectivity index (χ2n) is 10.1. The van der Waals surface area contributed by atoms with Gasteiger partial charge in [0.1, 0.15) is 11.4 Å². The molecule has 0 bridgehead atoms. The molecule has 6 rings (SSSR count). The van der Waals surface area contributed by atoms with E-state index in [1.807, 2.05) is 4.90 Å². The summed E-state index contributed by atoms with van der Waals surface area (Å²) in [5.41, 5.74) is 0.427. The summed E-state index contributed by atoms with van der Waals surface area (Å²) in [6.45, 7) is 0.549. The van der Waals surface area contributed by atoms with E-state index in [1.165, 1.54) is 44.6 Å². The number of nitrogens with zero attached hydrogens (tertiary/aromatic N) is 2. The van der Waals surface area contributed by atoms with E-state index in [9.17, 15) is 24.1 Å². The molecule has 1 N–H and O–H groups in total. The number of carbonyl (C=O) groups is 2. The van der Waals surface area contributed by atoms with Crippen molar-refractivity contribution in [3.05, 3.63) is 93.3 Å². The number of amides is 1. The van der Waals surface area contributed by atoms with Gasteiger partial charge in [-0.2, -0.15) is 0 Å². The molecule has 1 amide bonds. The molecule has 200 valence electrons. The molecule has 3 aromatic rings. The summed E-state index contributed by atoms with van der Waals surface area (Å²) < 4.78 is 25.5. The number of non-ortho nitro benzene ring substituents is 1. The van der Waals surface area contributed by atoms with Crippen LogP contribution in [0.25, 0.3) is 0 Å². The molecular formula is C29H26FN3O6. The number of nitrogens with one attached hydrogen (secondary N) is 1. The van der Waals surface area contributed by atoms with Gasteiger partial charge in [0.05, 0.1) is 25.1 Å². The van der Waals surface area contributed by atoms with Crippen molar-refractivity contribution >= 4 is 23.1 Å². The van der Waals surface area contributed by atoms with E-state index in [0.29, 0.717) is 40.4 Å². The fourth-order valence-electron chi connectivity index (χ4n) is 6.89. The topological polar surface area (TPSA) is 111 Å². The van der Waals surface area contributed by atoms with Gasteiger partial charge in [-0.3, -0.25) is 24.6 Å². The zero-order chi connectivity index (χ0) is 27.5. The number of rotatable bonds is 6. The first kappa shape index (κ1) is 25.0. The van der Waals surface area contributed by atoms with Crippen LogP contribution in [-0.2, 0) is 10.3 Å². The first-order valence-electron chi connectivity index (χ1n) is 12.7. The molecule has 10 heteroatoms. The van der Waals surface area contributed by atoms with Crippen LogP contribution in [0.15, 0.2) is 60.7 Å². The van der Waals surface area contributed by atoms with Crippen molar-refractivity contribution in [1.29, 1.82) is 0 Å². The minimum Gasteiger partial charge on any atom is -0.493 e. The lowest BCUT2D eigenvalue weighted by Crippen LogP contribution is -2.52. The van der Waals surface area contributed by atoms with E-state index >= 15 is 0 Å². The minimum absolute atomic E-state index is 0.0662. The van der Waals surface area contributed by atoms with Crippen molar-refractivity contribution < 1.29 is 28.4 Å². The van der Waals surface area contributed by atoms with E-state index < -0.39 is 28.1 Å². The largest absolute Gasteiger partial charge is 0.493 e. The van der Waals surface area contributed by atoms with E-state index in [4.69, 9.17) is 9.47 Å². The molecular weight excluding hydrogens is 505 g/mol. The smallest absolute Gasteiger partial charge is 0.269 e. The van der Waals surface area contributed by atoms with Crippen LogP contribution in [0.3, 0.4) is 0 Å². The number of Topliss-reactive ketones (excluding diaryl/α,β-unsaturated/α-hetero) is 1. The van der Waals surface area contributed by atoms with Gasteiger partial charge in [0, 0.05) is 40.9 Å². The maximum absolute atomic E-state index is 14.7. The lowest BCUT2D eigenvalue weighted by Gasteiger charge is -2.37. The lowest BCUT2D eigenvalue weighted by atomic mass is 9.68. The highest BCUT2D eigenvalue weighted by Gasteiger charge is 2.69. The normalized spacial score (nSPS) is 25.3. The van der Waals surface area contributed by atoms with Gasteiger partial charge in [-0.15, -0.1) is 0 Å². The van der Waals surface area contributed by atoms with Gasteiger partial charge in [0.15, 0.2) is 17.3 Å². The van der Waals surface area contributed by atoms with Crippen molar-refractivity contribution in [2.45, 2.75) is 30.3 Å². The van der Waals surface area contributed by atoms with E-state index in [1.54, 1.807) is 30.3 Å². The molecule has 1 spiro atoms. The van der Waals surface area contributed by atoms with Crippen molar-refractivity contribution in [1.82, 2.24) is 4.90 Å². The number of nitro groups is 1. The van der Waals surface area contributed by atoms with Crippen LogP contribution >= 0.6 is 0 Å². The summed E-state index contributed by atoms with van der Waals surface area (Å²) in [7, 11) is 2.97. The second kappa shape index (κ2) is 9.16. The Morgan fingerprint density at radius 2 is 1.82 bits per heavy atom. The van der Waals surface area contributed by atoms with E-state index in [0.717, 1.165) is 12.8 Å². The Balaban J connectivity index is 1.59. The summed E-state index contributed by atoms with van der Waals surface area (Å²) in [6.07, 6.45) is 1.52. The Labute approximate surface area is 223 Å². The average molecular weight is 532 g/mol. The van der Waals surface area contributed by atoms with Crippen LogP contribution in [0.1, 0.15) is 40.2 Å². The summed E-state index contributed by atoms with van der Waals surface area (Å²) in [5.74, 6) is -1.78. The highest BCUT2D eigenvalue weighted by Crippen LogP contribution is 2.61. The molecule has 3 heterocycles. The molecule has 0 saturated carbocycles. The third-order valence-electron chi connectivity index (χ3n) is 8.40. The van der Waals surface area contributed by atoms with Crippen molar-refractivity contribution in [3.8, 4) is 11.5 Å². The van der Waals surface area contributed by atoms with Gasteiger partial charge < -0.3 is 14.8 Å². The SMILES string of the molecule is COc1ccc(C(=O)C2C(c3ccc([N+](=O)[O-])cc3)C3CCCN3[C@@]23C(=O)Nc2ccc(F)cc23)cc1OC. The van der Waals surface area contributed by atoms with Crippen molar-refractivity contribution in [2.75, 3.05) is 26.1 Å². The number of anilines is 1. The average Bonchev–Trinajstić information content (AvgIpc) is 3.61. The van der Waals surface area contributed by atoms with Crippen molar-refractivity contribution in [2.24, 2.45) is 5.92 Å². The monoisotopic (exact) mass is 531 g/mol. The predicted molar refractivity (Wildman–Crippen MR) is 140 cm³/mol. The van der Waals surface area contributed by atoms with Gasteiger partial charge in [-0.05, 0) is 61.3 Å². The maximum atomic E-state index is 14.7. The highest BCUT2D eigenvalue weighted by molar-refractivity contribution is 6.12. The quantitative estimate of drug-likeness (QED) is 0.280. The predicted octanol–water partition coefficient (Wildman–Crippen LogP) is 4.66. The molecule has 4 atom stereocenters. The number of hydrogen-bond acceptors (Lipinski definition) is 7. The highest BCUT2D eigenvalue weighted by atomic mass is 19.1. The molecule has 0 aromatic heterocycles. The number of halogens is 1. The number of methoxy groups -OCH3 is 2. The molecule has 0 aliphatic carbocycles. The number of fused-ring (bicyclic) bond motifs is 4. The third kappa shape index (κ3) is 3.55. The lowest BCUT2D eigenvalue weighted by molar-refractivity contribution is -0.384. The van der Waals surface area contributed by atoms with Crippen LogP contribution in [0.4, 0.5) is 15.8 Å². The molecule has 3 unspecified atom stereocenters. The van der Waals surface area contributed by atoms with Gasteiger partial charge >= 0.3 is 0 Å². The standard InChI is InChI=1S/C29H26FN3O6/c1-38-23-12-7-17(14-24(23)39-2)27(34)26-25(16-5-9-19(10-6-16)33(36)37)22-4-3-13-32(22)29(26)20-15-18(30)8-11-21(20)31-28(29)35/h5-12,14-15,22,25-26H,3-4,13H2,1-2H3,(H,31,35)/t22?,25?,26?,29-/m1/s1. The third-order valence-corrected chi connectivity index (χ3v) is 8.40. The number of carbonyl (C=O) groups excluding carboxylic acids is 2. The number of nitro benzene ring substituents is 1. The Bertz CT molecular complexity index is 1510. The zero-order valence-electron chi connectivity index (χ0n) is 21.3. The Hall–Kier alpha value is -4.31. The summed E-state index contributed by atoms with van der Waals surface area (Å²) >= 11 is 0. The van der Waals surface area contributed by atoms with Gasteiger partial charge in [0.2, 0.25) is 5.91 Å². The molecule has 3 aliphatic rings. The molecule has 2 saturated heterocycles. The van der Waals surface area contributed by atoms with Crippen LogP contribution < -0.4 is 14.8 Å². The molecule has 3 aromatic carbocycles. The van der Waals surface area contributed by atoms with E-state index in [-0.39, 0.29) is 23.4 Å². The minimum atomic E-state index is -1.45. The molecule has 0 radical (unpaired) electrons. The van der Waals surface area contributed by atoms with Crippen LogP contribution in [-0.4, -0.2) is 48.3 Å². The first-order chi connectivity index (χ1) is 18.8. The van der Waals surface area contributed by atoms with Gasteiger partial charge in [-0.25, -0.2) is 4.39 Å². The number of benzene rings is 3. The zero-order valence-corrected chi connectivity index (χ0v) is 21.3. The van der Waals surface area contributed by atoms with Crippen molar-refractivity contribution in [3.63, 3.8) is 0 Å². The second-order valence-corrected chi connectivity index (χ2v) is 10.1. The molecule has 3 aliphatic heterocycles. The first-order valence-corrected chi connectivity index (χ1v) is 12.7. The van der Waals surface area contributed by atoms with Crippen LogP contribution in [0, 0.1) is 21.8 Å². The van der Waals surface area contributed by atoms with E-state index in [2.05, 4.69) is 5.32 Å². The fraction of sp³-hybridized carbons (Fsp3) is 0.310. The summed E-state index contributed by atoms with van der Waals surface area (Å²) in [5, 5.41) is 14.2. The van der Waals surface area contributed by atoms with Gasteiger partial charge in [0.25, 0.3) is 5.69 Å². The number of ether oxygens (including phenoxy) is 2. The molecule has 2 fully saturated rings. The summed E-state index contributed by atoms with van der Waals surface area (Å²) in [6, 6.07) is 15.0. The Kier molecular flexibility index (Phi) is 5.87. The molecule has 39 heavy (non-hydrogen) atoms. The summed E-state index contributed by atoms with van der Waals surface area (Å²) in [4.78, 5) is 41.5. The number of ketones is 1. The van der Waals surface area contributed by atoms with Gasteiger partial charge in [-0.1, -0.05) is 12.1 Å². The maximum Gasteiger partial charge on any atom is 0.269 e. The Morgan fingerprint density at radius 1 is 1.08 bits per heavy atom.